The standard InChI is InChI=1S/C25H26F2N4O4/c1-4-35-22(34)14-20(32)13-21(33)24(25-28-30-31(29-25)15(2)3)23(16-5-9-18(26)10-6-16)17-7-11-19(27)12-8-17/h5-12,15,21,33H,4,13-14H2,1-3H3. The zero-order valence-corrected chi connectivity index (χ0v) is 19.6. The molecule has 0 saturated carbocycles. The number of Topliss-reactive ketones (excluding diaryl/α,β-unsaturated/α-hetero) is 1. The maximum Gasteiger partial charge on any atom is 0.313 e. The van der Waals surface area contributed by atoms with Crippen LogP contribution in [0.1, 0.15) is 56.6 Å². The first-order chi connectivity index (χ1) is 16.7. The van der Waals surface area contributed by atoms with Crippen molar-refractivity contribution in [3.8, 4) is 0 Å². The third-order valence-corrected chi connectivity index (χ3v) is 5.07. The van der Waals surface area contributed by atoms with E-state index in [1.54, 1.807) is 6.92 Å². The van der Waals surface area contributed by atoms with E-state index in [0.717, 1.165) is 0 Å². The van der Waals surface area contributed by atoms with Crippen LogP contribution >= 0.6 is 0 Å². The predicted octanol–water partition coefficient (Wildman–Crippen LogP) is 3.76. The topological polar surface area (TPSA) is 107 Å². The fourth-order valence-electron chi connectivity index (χ4n) is 3.45. The van der Waals surface area contributed by atoms with Crippen molar-refractivity contribution in [3.05, 3.63) is 77.1 Å². The highest BCUT2D eigenvalue weighted by molar-refractivity contribution is 6.01. The molecule has 0 aliphatic heterocycles. The number of halogens is 2. The Bertz CT molecular complexity index is 1160. The second kappa shape index (κ2) is 11.6. The third kappa shape index (κ3) is 6.63. The highest BCUT2D eigenvalue weighted by atomic mass is 19.1. The molecule has 10 heteroatoms. The van der Waals surface area contributed by atoms with Crippen LogP contribution in [-0.2, 0) is 14.3 Å². The van der Waals surface area contributed by atoms with E-state index < -0.39 is 42.3 Å². The maximum atomic E-state index is 13.7. The van der Waals surface area contributed by atoms with Gasteiger partial charge in [-0.2, -0.15) is 4.80 Å². The van der Waals surface area contributed by atoms with Crippen molar-refractivity contribution in [3.63, 3.8) is 0 Å². The van der Waals surface area contributed by atoms with Crippen LogP contribution in [0.15, 0.2) is 48.5 Å². The molecule has 1 heterocycles. The number of ketones is 1. The molecule has 0 aliphatic carbocycles. The van der Waals surface area contributed by atoms with Gasteiger partial charge in [0, 0.05) is 12.0 Å². The molecule has 3 rings (SSSR count). The van der Waals surface area contributed by atoms with Crippen LogP contribution in [-0.4, -0.2) is 49.8 Å². The molecule has 8 nitrogen and oxygen atoms in total. The molecule has 0 radical (unpaired) electrons. The summed E-state index contributed by atoms with van der Waals surface area (Å²) in [6.07, 6.45) is -2.39. The summed E-state index contributed by atoms with van der Waals surface area (Å²) < 4.78 is 32.2. The Morgan fingerprint density at radius 1 is 1.00 bits per heavy atom. The average molecular weight is 485 g/mol. The number of carbonyl (C=O) groups is 2. The Balaban J connectivity index is 2.18. The molecule has 1 aromatic heterocycles. The van der Waals surface area contributed by atoms with Gasteiger partial charge in [-0.05, 0) is 67.0 Å². The minimum Gasteiger partial charge on any atom is -0.466 e. The summed E-state index contributed by atoms with van der Waals surface area (Å²) in [5.41, 5.74) is 1.45. The predicted molar refractivity (Wildman–Crippen MR) is 124 cm³/mol. The summed E-state index contributed by atoms with van der Waals surface area (Å²) in [4.78, 5) is 25.6. The van der Waals surface area contributed by atoms with Crippen LogP contribution in [0.3, 0.4) is 0 Å². The highest BCUT2D eigenvalue weighted by Crippen LogP contribution is 2.34. The number of esters is 1. The van der Waals surface area contributed by atoms with Gasteiger partial charge in [-0.1, -0.05) is 24.3 Å². The van der Waals surface area contributed by atoms with Gasteiger partial charge in [0.25, 0.3) is 0 Å². The molecule has 0 bridgehead atoms. The molecule has 0 spiro atoms. The second-order valence-corrected chi connectivity index (χ2v) is 8.07. The van der Waals surface area contributed by atoms with E-state index in [1.807, 2.05) is 13.8 Å². The van der Waals surface area contributed by atoms with Crippen molar-refractivity contribution in [2.24, 2.45) is 0 Å². The Hall–Kier alpha value is -3.79. The van der Waals surface area contributed by atoms with Crippen molar-refractivity contribution in [1.29, 1.82) is 0 Å². The molecule has 2 aromatic carbocycles. The summed E-state index contributed by atoms with van der Waals surface area (Å²) >= 11 is 0. The fraction of sp³-hybridized carbons (Fsp3) is 0.320. The first-order valence-corrected chi connectivity index (χ1v) is 11.1. The van der Waals surface area contributed by atoms with Crippen LogP contribution < -0.4 is 0 Å². The molecule has 184 valence electrons. The van der Waals surface area contributed by atoms with E-state index >= 15 is 0 Å². The molecule has 3 aromatic rings. The first-order valence-electron chi connectivity index (χ1n) is 11.1. The van der Waals surface area contributed by atoms with E-state index in [1.165, 1.54) is 53.3 Å². The van der Waals surface area contributed by atoms with Crippen molar-refractivity contribution in [2.75, 3.05) is 6.61 Å². The largest absolute Gasteiger partial charge is 0.466 e. The summed E-state index contributed by atoms with van der Waals surface area (Å²) in [7, 11) is 0. The number of ether oxygens (including phenoxy) is 1. The molecule has 1 N–H and O–H groups in total. The molecule has 0 aliphatic rings. The Morgan fingerprint density at radius 2 is 1.54 bits per heavy atom. The molecular formula is C25H26F2N4O4. The van der Waals surface area contributed by atoms with Crippen LogP contribution in [0.25, 0.3) is 11.1 Å². The van der Waals surface area contributed by atoms with Gasteiger partial charge < -0.3 is 9.84 Å². The Labute approximate surface area is 201 Å². The van der Waals surface area contributed by atoms with E-state index in [9.17, 15) is 23.5 Å². The quantitative estimate of drug-likeness (QED) is 0.345. The molecule has 1 atom stereocenters. The maximum absolute atomic E-state index is 13.7. The molecule has 35 heavy (non-hydrogen) atoms. The monoisotopic (exact) mass is 484 g/mol. The minimum absolute atomic E-state index is 0.0405. The fourth-order valence-corrected chi connectivity index (χ4v) is 3.45. The van der Waals surface area contributed by atoms with Gasteiger partial charge in [0.05, 0.1) is 18.8 Å². The normalized spacial score (nSPS) is 11.9. The van der Waals surface area contributed by atoms with E-state index in [-0.39, 0.29) is 24.0 Å². The molecule has 0 fully saturated rings. The number of carbonyl (C=O) groups excluding carboxylic acids is 2. The van der Waals surface area contributed by atoms with Crippen molar-refractivity contribution in [2.45, 2.75) is 45.8 Å². The number of tetrazole rings is 1. The van der Waals surface area contributed by atoms with Crippen LogP contribution in [0.2, 0.25) is 0 Å². The van der Waals surface area contributed by atoms with Gasteiger partial charge >= 0.3 is 5.97 Å². The van der Waals surface area contributed by atoms with E-state index in [2.05, 4.69) is 15.4 Å². The minimum atomic E-state index is -1.45. The number of aromatic nitrogens is 4. The van der Waals surface area contributed by atoms with Gasteiger partial charge in [-0.15, -0.1) is 10.2 Å². The molecular weight excluding hydrogens is 458 g/mol. The van der Waals surface area contributed by atoms with Crippen LogP contribution in [0, 0.1) is 11.6 Å². The van der Waals surface area contributed by atoms with Gasteiger partial charge in [0.2, 0.25) is 5.82 Å². The summed E-state index contributed by atoms with van der Waals surface area (Å²) in [5, 5.41) is 23.7. The van der Waals surface area contributed by atoms with Gasteiger partial charge in [-0.3, -0.25) is 9.59 Å². The smallest absolute Gasteiger partial charge is 0.313 e. The average Bonchev–Trinajstić information content (AvgIpc) is 3.29. The number of hydrogen-bond donors (Lipinski definition) is 1. The number of benzene rings is 2. The van der Waals surface area contributed by atoms with Gasteiger partial charge in [-0.25, -0.2) is 8.78 Å². The highest BCUT2D eigenvalue weighted by Gasteiger charge is 2.27. The van der Waals surface area contributed by atoms with Crippen molar-refractivity contribution < 1.29 is 28.2 Å². The zero-order valence-electron chi connectivity index (χ0n) is 19.6. The first kappa shape index (κ1) is 25.8. The lowest BCUT2D eigenvalue weighted by molar-refractivity contribution is -0.145. The number of rotatable bonds is 10. The van der Waals surface area contributed by atoms with Crippen LogP contribution in [0.4, 0.5) is 8.78 Å². The number of aliphatic hydroxyl groups is 1. The number of aliphatic hydroxyl groups excluding tert-OH is 1. The number of nitrogens with zero attached hydrogens (tertiary/aromatic N) is 4. The second-order valence-electron chi connectivity index (χ2n) is 8.07. The summed E-state index contributed by atoms with van der Waals surface area (Å²) in [6.45, 7) is 5.44. The summed E-state index contributed by atoms with van der Waals surface area (Å²) in [5.74, 6) is -2.15. The molecule has 0 saturated heterocycles. The summed E-state index contributed by atoms with van der Waals surface area (Å²) in [6, 6.07) is 10.8. The molecule has 1 unspecified atom stereocenters. The van der Waals surface area contributed by atoms with Gasteiger partial charge in [0.1, 0.15) is 23.8 Å². The lowest BCUT2D eigenvalue weighted by Gasteiger charge is -2.19. The Morgan fingerprint density at radius 3 is 2.00 bits per heavy atom. The van der Waals surface area contributed by atoms with Crippen molar-refractivity contribution in [1.82, 2.24) is 20.2 Å². The van der Waals surface area contributed by atoms with Crippen molar-refractivity contribution >= 4 is 22.9 Å². The molecule has 0 amide bonds. The van der Waals surface area contributed by atoms with Gasteiger partial charge in [0.15, 0.2) is 0 Å². The SMILES string of the molecule is CCOC(=O)CC(=O)CC(O)C(=C(c1ccc(F)cc1)c1ccc(F)cc1)c1nnn(C(C)C)n1. The van der Waals surface area contributed by atoms with E-state index in [4.69, 9.17) is 4.74 Å². The lowest BCUT2D eigenvalue weighted by atomic mass is 9.88. The van der Waals surface area contributed by atoms with Crippen LogP contribution in [0.5, 0.6) is 0 Å². The van der Waals surface area contributed by atoms with E-state index in [0.29, 0.717) is 16.7 Å². The zero-order chi connectivity index (χ0) is 25.5. The number of hydrogen-bond acceptors (Lipinski definition) is 7. The third-order valence-electron chi connectivity index (χ3n) is 5.07. The lowest BCUT2D eigenvalue weighted by Crippen LogP contribution is -2.21. The Kier molecular flexibility index (Phi) is 8.53.